The molecule has 0 N–H and O–H groups in total. The summed E-state index contributed by atoms with van der Waals surface area (Å²) in [4.78, 5) is 21.9. The summed E-state index contributed by atoms with van der Waals surface area (Å²) in [7, 11) is 0. The Hall–Kier alpha value is -2.62. The number of hydrogen-bond acceptors (Lipinski definition) is 4. The fourth-order valence-electron chi connectivity index (χ4n) is 4.12. The van der Waals surface area contributed by atoms with E-state index in [1.165, 1.54) is 107 Å². The maximum Gasteiger partial charge on any atom is 0.333 e. The van der Waals surface area contributed by atoms with E-state index in [4.69, 9.17) is 9.47 Å². The summed E-state index contributed by atoms with van der Waals surface area (Å²) >= 11 is 0. The number of unbranched alkanes of at least 4 members (excludes halogenated alkanes) is 15. The van der Waals surface area contributed by atoms with Crippen LogP contribution in [0.3, 0.4) is 0 Å². The van der Waals surface area contributed by atoms with Gasteiger partial charge < -0.3 is 9.47 Å². The average molecular weight is 599 g/mol. The van der Waals surface area contributed by atoms with E-state index < -0.39 is 0 Å². The van der Waals surface area contributed by atoms with Gasteiger partial charge in [0.1, 0.15) is 0 Å². The van der Waals surface area contributed by atoms with E-state index in [0.29, 0.717) is 30.3 Å². The van der Waals surface area contributed by atoms with Gasteiger partial charge in [0.05, 0.1) is 13.2 Å². The molecule has 0 aliphatic carbocycles. The van der Waals surface area contributed by atoms with Gasteiger partial charge in [0.2, 0.25) is 0 Å². The molecule has 4 heteroatoms. The van der Waals surface area contributed by atoms with Crippen LogP contribution >= 0.6 is 0 Å². The van der Waals surface area contributed by atoms with E-state index in [1.807, 2.05) is 32.1 Å². The number of rotatable bonds is 22. The monoisotopic (exact) mass is 598 g/mol. The summed E-state index contributed by atoms with van der Waals surface area (Å²) in [5.74, 6) is -0.159. The van der Waals surface area contributed by atoms with Crippen molar-refractivity contribution in [3.05, 3.63) is 66.3 Å². The van der Waals surface area contributed by atoms with Crippen molar-refractivity contribution in [3.8, 4) is 0 Å². The third kappa shape index (κ3) is 30.6. The van der Waals surface area contributed by atoms with Crippen molar-refractivity contribution in [2.75, 3.05) is 13.2 Å². The second-order valence-corrected chi connectivity index (χ2v) is 12.1. The second kappa shape index (κ2) is 30.8. The van der Waals surface area contributed by atoms with E-state index in [1.54, 1.807) is 13.8 Å². The zero-order valence-corrected chi connectivity index (χ0v) is 28.9. The molecule has 1 rings (SSSR count). The minimum absolute atomic E-state index is 0.254. The van der Waals surface area contributed by atoms with Gasteiger partial charge in [-0.15, -0.1) is 0 Å². The fraction of sp³-hybridized carbons (Fsp3) is 0.641. The number of carbonyl (C=O) groups excluding carboxylic acids is 2. The molecule has 1 aromatic carbocycles. The fourth-order valence-corrected chi connectivity index (χ4v) is 4.12. The standard InChI is InChI=1S/C22H42O2.C9H10.C8H14O2/c1-4-5-6-7-8-9-10-11-12-13-14-15-16-17-18-19-20-24-22(23)21(2)3;1-3-9-7-5-4-6-8(9)2;1-6(2)5-10-8(9)7(3)4/h2,4-20H2,1,3H3;3-7H,1H2,2H3;6H,3,5H2,1-2,4H3. The van der Waals surface area contributed by atoms with Gasteiger partial charge in [0.25, 0.3) is 0 Å². The molecule has 1 aromatic rings. The smallest absolute Gasteiger partial charge is 0.333 e. The lowest BCUT2D eigenvalue weighted by atomic mass is 10.0. The molecular weight excluding hydrogens is 532 g/mol. The molecule has 0 amide bonds. The van der Waals surface area contributed by atoms with Gasteiger partial charge in [0, 0.05) is 11.1 Å². The molecule has 4 nitrogen and oxygen atoms in total. The molecule has 0 aromatic heterocycles. The first-order chi connectivity index (χ1) is 20.6. The number of carbonyl (C=O) groups is 2. The summed E-state index contributed by atoms with van der Waals surface area (Å²) in [6.07, 6.45) is 23.6. The van der Waals surface area contributed by atoms with Crippen molar-refractivity contribution < 1.29 is 19.1 Å². The first kappa shape index (κ1) is 42.5. The highest BCUT2D eigenvalue weighted by Crippen LogP contribution is 2.14. The van der Waals surface area contributed by atoms with E-state index in [0.717, 1.165) is 6.42 Å². The van der Waals surface area contributed by atoms with Gasteiger partial charge in [-0.05, 0) is 44.2 Å². The Morgan fingerprint density at radius 3 is 1.44 bits per heavy atom. The lowest BCUT2D eigenvalue weighted by molar-refractivity contribution is -0.140. The number of esters is 2. The van der Waals surface area contributed by atoms with Crippen LogP contribution in [0.4, 0.5) is 0 Å². The van der Waals surface area contributed by atoms with Crippen LogP contribution in [-0.4, -0.2) is 25.2 Å². The van der Waals surface area contributed by atoms with Crippen LogP contribution in [0, 0.1) is 12.8 Å². The Labute approximate surface area is 266 Å². The average Bonchev–Trinajstić information content (AvgIpc) is 2.98. The number of benzene rings is 1. The Kier molecular flexibility index (Phi) is 30.5. The molecule has 0 saturated carbocycles. The van der Waals surface area contributed by atoms with Crippen molar-refractivity contribution >= 4 is 18.0 Å². The lowest BCUT2D eigenvalue weighted by Gasteiger charge is -2.05. The van der Waals surface area contributed by atoms with Crippen LogP contribution in [0.15, 0.2) is 55.1 Å². The maximum absolute atomic E-state index is 11.2. The molecule has 0 atom stereocenters. The molecule has 0 radical (unpaired) electrons. The van der Waals surface area contributed by atoms with Crippen molar-refractivity contribution in [1.29, 1.82) is 0 Å². The molecule has 0 saturated heterocycles. The van der Waals surface area contributed by atoms with Gasteiger partial charge in [0.15, 0.2) is 0 Å². The molecule has 0 heterocycles. The predicted octanol–water partition coefficient (Wildman–Crippen LogP) is 11.8. The minimum Gasteiger partial charge on any atom is -0.462 e. The van der Waals surface area contributed by atoms with E-state index in [2.05, 4.69) is 45.7 Å². The van der Waals surface area contributed by atoms with Crippen LogP contribution in [0.2, 0.25) is 0 Å². The summed E-state index contributed by atoms with van der Waals surface area (Å²) in [5.41, 5.74) is 3.46. The number of hydrogen-bond donors (Lipinski definition) is 0. The SMILES string of the molecule is C=C(C)C(=O)OCC(C)C.C=C(C)C(=O)OCCCCCCCCCCCCCCCCCC.C=Cc1ccccc1C. The van der Waals surface area contributed by atoms with E-state index in [9.17, 15) is 9.59 Å². The minimum atomic E-state index is -0.297. The largest absolute Gasteiger partial charge is 0.462 e. The van der Waals surface area contributed by atoms with Gasteiger partial charge >= 0.3 is 11.9 Å². The molecular formula is C39H66O4. The Morgan fingerprint density at radius 2 is 1.09 bits per heavy atom. The van der Waals surface area contributed by atoms with Crippen LogP contribution in [0.1, 0.15) is 148 Å². The Balaban J connectivity index is 0. The van der Waals surface area contributed by atoms with Crippen LogP contribution in [0.5, 0.6) is 0 Å². The highest BCUT2D eigenvalue weighted by molar-refractivity contribution is 5.87. The van der Waals surface area contributed by atoms with E-state index in [-0.39, 0.29) is 11.9 Å². The molecule has 246 valence electrons. The van der Waals surface area contributed by atoms with Crippen molar-refractivity contribution in [2.24, 2.45) is 5.92 Å². The maximum atomic E-state index is 11.2. The first-order valence-corrected chi connectivity index (χ1v) is 16.9. The third-order valence-corrected chi connectivity index (χ3v) is 6.88. The van der Waals surface area contributed by atoms with Gasteiger partial charge in [-0.1, -0.05) is 167 Å². The zero-order chi connectivity index (χ0) is 32.7. The number of ether oxygens (including phenoxy) is 2. The highest BCUT2D eigenvalue weighted by atomic mass is 16.5. The zero-order valence-electron chi connectivity index (χ0n) is 28.9. The quantitative estimate of drug-likeness (QED) is 0.0756. The molecule has 0 unspecified atom stereocenters. The Bertz CT molecular complexity index is 868. The number of aryl methyl sites for hydroxylation is 1. The van der Waals surface area contributed by atoms with Crippen molar-refractivity contribution in [3.63, 3.8) is 0 Å². The molecule has 0 aliphatic rings. The van der Waals surface area contributed by atoms with Crippen molar-refractivity contribution in [1.82, 2.24) is 0 Å². The van der Waals surface area contributed by atoms with Crippen LogP contribution in [-0.2, 0) is 19.1 Å². The lowest BCUT2D eigenvalue weighted by Crippen LogP contribution is -2.09. The summed E-state index contributed by atoms with van der Waals surface area (Å²) in [6.45, 7) is 23.4. The van der Waals surface area contributed by atoms with Gasteiger partial charge in [-0.3, -0.25) is 0 Å². The first-order valence-electron chi connectivity index (χ1n) is 16.9. The molecule has 0 fully saturated rings. The summed E-state index contributed by atoms with van der Waals surface area (Å²) in [6, 6.07) is 8.19. The topological polar surface area (TPSA) is 52.6 Å². The predicted molar refractivity (Wildman–Crippen MR) is 187 cm³/mol. The van der Waals surface area contributed by atoms with E-state index >= 15 is 0 Å². The van der Waals surface area contributed by atoms with Gasteiger partial charge in [-0.25, -0.2) is 9.59 Å². The summed E-state index contributed by atoms with van der Waals surface area (Å²) in [5, 5.41) is 0. The highest BCUT2D eigenvalue weighted by Gasteiger charge is 2.03. The molecule has 43 heavy (non-hydrogen) atoms. The van der Waals surface area contributed by atoms with Gasteiger partial charge in [-0.2, -0.15) is 0 Å². The molecule has 0 bridgehead atoms. The van der Waals surface area contributed by atoms with Crippen LogP contribution in [0.25, 0.3) is 6.08 Å². The molecule has 0 aliphatic heterocycles. The van der Waals surface area contributed by atoms with Crippen LogP contribution < -0.4 is 0 Å². The summed E-state index contributed by atoms with van der Waals surface area (Å²) < 4.78 is 9.91. The second-order valence-electron chi connectivity index (χ2n) is 12.1. The Morgan fingerprint density at radius 1 is 0.698 bits per heavy atom. The van der Waals surface area contributed by atoms with Crippen molar-refractivity contribution in [2.45, 2.75) is 144 Å². The normalized spacial score (nSPS) is 10.1. The molecule has 0 spiro atoms. The third-order valence-electron chi connectivity index (χ3n) is 6.88.